The third-order valence-electron chi connectivity index (χ3n) is 7.29. The fourth-order valence-electron chi connectivity index (χ4n) is 4.95. The van der Waals surface area contributed by atoms with Gasteiger partial charge in [0, 0.05) is 21.7 Å². The van der Waals surface area contributed by atoms with Crippen LogP contribution in [0.1, 0.15) is 42.0 Å². The molecule has 4 aromatic carbocycles. The third-order valence-corrected chi connectivity index (χ3v) is 7.81. The zero-order valence-corrected chi connectivity index (χ0v) is 27.0. The van der Waals surface area contributed by atoms with Crippen molar-refractivity contribution in [2.24, 2.45) is 5.10 Å². The van der Waals surface area contributed by atoms with Crippen LogP contribution in [0.3, 0.4) is 0 Å². The van der Waals surface area contributed by atoms with E-state index in [9.17, 15) is 14.9 Å². The molecule has 0 bridgehead atoms. The van der Waals surface area contributed by atoms with Crippen molar-refractivity contribution in [2.45, 2.75) is 33.3 Å². The number of benzene rings is 4. The first kappa shape index (κ1) is 31.4. The van der Waals surface area contributed by atoms with Crippen molar-refractivity contribution < 1.29 is 19.1 Å². The Kier molecular flexibility index (Phi) is 9.29. The van der Waals surface area contributed by atoms with Crippen molar-refractivity contribution in [3.05, 3.63) is 120 Å². The number of hydrogen-bond acceptors (Lipinski definition) is 8. The topological polar surface area (TPSA) is 118 Å². The van der Waals surface area contributed by atoms with Crippen LogP contribution in [-0.2, 0) is 6.61 Å². The van der Waals surface area contributed by atoms with Gasteiger partial charge in [0.1, 0.15) is 12.4 Å². The summed E-state index contributed by atoms with van der Waals surface area (Å²) in [6.07, 6.45) is 1.37. The maximum atomic E-state index is 13.8. The van der Waals surface area contributed by atoms with Crippen molar-refractivity contribution in [1.29, 1.82) is 0 Å². The van der Waals surface area contributed by atoms with Gasteiger partial charge in [-0.1, -0.05) is 54.0 Å². The summed E-state index contributed by atoms with van der Waals surface area (Å²) < 4.78 is 19.1. The minimum absolute atomic E-state index is 0.0112. The summed E-state index contributed by atoms with van der Waals surface area (Å²) in [6.45, 7) is 6.13. The van der Waals surface area contributed by atoms with Crippen LogP contribution in [0.5, 0.6) is 17.2 Å². The van der Waals surface area contributed by atoms with Crippen LogP contribution in [0.25, 0.3) is 22.3 Å². The summed E-state index contributed by atoms with van der Waals surface area (Å²) in [6, 6.07) is 21.2. The minimum Gasteiger partial charge on any atom is -0.496 e. The molecule has 5 rings (SSSR count). The number of ether oxygens (including phenoxy) is 3. The maximum absolute atomic E-state index is 13.8. The van der Waals surface area contributed by atoms with Gasteiger partial charge in [-0.3, -0.25) is 14.9 Å². The standard InChI is InChI=1S/C34H31BrN4O6/c1-20(2)26-17-27(21(3)14-30(26)43-4)33-37-28-9-7-6-8-25(28)34(40)38(33)36-18-23-15-29(39(41)42)32(31(16-23)44-5)45-19-22-10-12-24(35)13-11-22/h6-18,20H,19H2,1-5H3. The van der Waals surface area contributed by atoms with E-state index >= 15 is 0 Å². The quantitative estimate of drug-likeness (QED) is 0.0851. The molecule has 0 aliphatic carbocycles. The van der Waals surface area contributed by atoms with Gasteiger partial charge in [-0.2, -0.15) is 9.78 Å². The molecule has 0 N–H and O–H groups in total. The Hall–Kier alpha value is -5.03. The third kappa shape index (κ3) is 6.58. The van der Waals surface area contributed by atoms with E-state index in [1.807, 2.05) is 49.4 Å². The number of nitrogens with zero attached hydrogens (tertiary/aromatic N) is 4. The lowest BCUT2D eigenvalue weighted by atomic mass is 9.96. The number of methoxy groups -OCH3 is 2. The van der Waals surface area contributed by atoms with Crippen LogP contribution in [0.15, 0.2) is 87.2 Å². The maximum Gasteiger partial charge on any atom is 0.315 e. The van der Waals surface area contributed by atoms with E-state index in [1.54, 1.807) is 31.4 Å². The molecule has 0 saturated carbocycles. The van der Waals surface area contributed by atoms with Crippen molar-refractivity contribution in [3.8, 4) is 28.6 Å². The number of aryl methyl sites for hydroxylation is 1. The molecule has 5 aromatic rings. The molecule has 0 unspecified atom stereocenters. The number of nitro benzene ring substituents is 1. The van der Waals surface area contributed by atoms with Gasteiger partial charge in [-0.25, -0.2) is 4.98 Å². The molecule has 0 amide bonds. The van der Waals surface area contributed by atoms with Crippen molar-refractivity contribution in [2.75, 3.05) is 14.2 Å². The van der Waals surface area contributed by atoms with Gasteiger partial charge in [0.2, 0.25) is 5.75 Å². The number of hydrogen-bond donors (Lipinski definition) is 0. The van der Waals surface area contributed by atoms with E-state index in [-0.39, 0.29) is 35.3 Å². The predicted octanol–water partition coefficient (Wildman–Crippen LogP) is 7.64. The number of fused-ring (bicyclic) bond motifs is 1. The predicted molar refractivity (Wildman–Crippen MR) is 178 cm³/mol. The van der Waals surface area contributed by atoms with Crippen molar-refractivity contribution in [1.82, 2.24) is 9.66 Å². The molecular formula is C34H31BrN4O6. The van der Waals surface area contributed by atoms with Crippen LogP contribution in [0.4, 0.5) is 5.69 Å². The van der Waals surface area contributed by atoms with Crippen LogP contribution < -0.4 is 19.8 Å². The van der Waals surface area contributed by atoms with Crippen molar-refractivity contribution in [3.63, 3.8) is 0 Å². The van der Waals surface area contributed by atoms with E-state index in [0.29, 0.717) is 27.9 Å². The summed E-state index contributed by atoms with van der Waals surface area (Å²) in [5.74, 6) is 1.35. The molecule has 0 radical (unpaired) electrons. The molecular weight excluding hydrogens is 640 g/mol. The van der Waals surface area contributed by atoms with Crippen LogP contribution in [0.2, 0.25) is 0 Å². The molecule has 10 nitrogen and oxygen atoms in total. The Balaban J connectivity index is 1.63. The highest BCUT2D eigenvalue weighted by molar-refractivity contribution is 9.10. The lowest BCUT2D eigenvalue weighted by Crippen LogP contribution is -2.21. The van der Waals surface area contributed by atoms with Gasteiger partial charge in [0.15, 0.2) is 11.6 Å². The molecule has 1 heterocycles. The first-order valence-electron chi connectivity index (χ1n) is 14.1. The second kappa shape index (κ2) is 13.3. The first-order chi connectivity index (χ1) is 21.6. The Morgan fingerprint density at radius 1 is 1.02 bits per heavy atom. The SMILES string of the molecule is COc1cc(C)c(-c2nc3ccccc3c(=O)n2N=Cc2cc(OC)c(OCc3ccc(Br)cc3)c([N+](=O)[O-])c2)cc1C(C)C. The molecule has 45 heavy (non-hydrogen) atoms. The van der Waals surface area contributed by atoms with E-state index in [2.05, 4.69) is 34.9 Å². The number of rotatable bonds is 10. The molecule has 11 heteroatoms. The lowest BCUT2D eigenvalue weighted by Gasteiger charge is -2.17. The lowest BCUT2D eigenvalue weighted by molar-refractivity contribution is -0.386. The highest BCUT2D eigenvalue weighted by atomic mass is 79.9. The van der Waals surface area contributed by atoms with Gasteiger partial charge >= 0.3 is 5.69 Å². The number of nitro groups is 1. The first-order valence-corrected chi connectivity index (χ1v) is 14.9. The van der Waals surface area contributed by atoms with E-state index < -0.39 is 4.92 Å². The summed E-state index contributed by atoms with van der Waals surface area (Å²) in [5.41, 5.74) is 3.49. The fraction of sp³-hybridized carbons (Fsp3) is 0.206. The Morgan fingerprint density at radius 2 is 1.73 bits per heavy atom. The number of para-hydroxylation sites is 1. The smallest absolute Gasteiger partial charge is 0.315 e. The Morgan fingerprint density at radius 3 is 2.40 bits per heavy atom. The van der Waals surface area contributed by atoms with Crippen LogP contribution >= 0.6 is 15.9 Å². The number of halogens is 1. The molecule has 0 aliphatic rings. The highest BCUT2D eigenvalue weighted by Crippen LogP contribution is 2.39. The average Bonchev–Trinajstić information content (AvgIpc) is 3.03. The van der Waals surface area contributed by atoms with E-state index in [4.69, 9.17) is 19.2 Å². The van der Waals surface area contributed by atoms with Gasteiger partial charge < -0.3 is 14.2 Å². The van der Waals surface area contributed by atoms with E-state index in [1.165, 1.54) is 24.1 Å². The van der Waals surface area contributed by atoms with Gasteiger partial charge in [-0.05, 0) is 72.0 Å². The van der Waals surface area contributed by atoms with Gasteiger partial charge in [-0.15, -0.1) is 0 Å². The zero-order valence-electron chi connectivity index (χ0n) is 25.4. The molecule has 1 aromatic heterocycles. The summed E-state index contributed by atoms with van der Waals surface area (Å²) >= 11 is 3.39. The minimum atomic E-state index is -0.542. The molecule has 0 aliphatic heterocycles. The number of aromatic nitrogens is 2. The molecule has 0 atom stereocenters. The Bertz CT molecular complexity index is 1990. The molecule has 230 valence electrons. The van der Waals surface area contributed by atoms with Crippen molar-refractivity contribution >= 4 is 38.7 Å². The molecule has 0 saturated heterocycles. The summed E-state index contributed by atoms with van der Waals surface area (Å²) in [4.78, 5) is 30.3. The summed E-state index contributed by atoms with van der Waals surface area (Å²) in [5, 5.41) is 17.0. The monoisotopic (exact) mass is 670 g/mol. The van der Waals surface area contributed by atoms with Gasteiger partial charge in [0.25, 0.3) is 5.56 Å². The largest absolute Gasteiger partial charge is 0.496 e. The second-order valence-corrected chi connectivity index (χ2v) is 11.5. The molecule has 0 fully saturated rings. The summed E-state index contributed by atoms with van der Waals surface area (Å²) in [7, 11) is 3.03. The van der Waals surface area contributed by atoms with Crippen LogP contribution in [-0.4, -0.2) is 35.0 Å². The van der Waals surface area contributed by atoms with Crippen LogP contribution in [0, 0.1) is 17.0 Å². The zero-order chi connectivity index (χ0) is 32.2. The fourth-order valence-corrected chi connectivity index (χ4v) is 5.21. The van der Waals surface area contributed by atoms with E-state index in [0.717, 1.165) is 26.9 Å². The average molecular weight is 672 g/mol. The molecule has 0 spiro atoms. The van der Waals surface area contributed by atoms with Gasteiger partial charge in [0.05, 0.1) is 36.3 Å². The normalized spacial score (nSPS) is 11.4. The highest BCUT2D eigenvalue weighted by Gasteiger charge is 2.23. The second-order valence-electron chi connectivity index (χ2n) is 10.6. The Labute approximate surface area is 268 Å².